The van der Waals surface area contributed by atoms with Gasteiger partial charge in [-0.1, -0.05) is 37.3 Å². The van der Waals surface area contributed by atoms with Gasteiger partial charge in [-0.2, -0.15) is 0 Å². The number of benzene rings is 2. The second kappa shape index (κ2) is 6.93. The van der Waals surface area contributed by atoms with Crippen LogP contribution in [0.4, 0.5) is 0 Å². The summed E-state index contributed by atoms with van der Waals surface area (Å²) in [6, 6.07) is 12.3. The van der Waals surface area contributed by atoms with Crippen molar-refractivity contribution in [3.05, 3.63) is 64.7 Å². The first kappa shape index (κ1) is 17.0. The first-order valence-corrected chi connectivity index (χ1v) is 8.30. The lowest BCUT2D eigenvalue weighted by molar-refractivity contribution is 0.0990. The highest BCUT2D eigenvalue weighted by Gasteiger charge is 2.32. The lowest BCUT2D eigenvalue weighted by Crippen LogP contribution is -2.10. The van der Waals surface area contributed by atoms with E-state index < -0.39 is 0 Å². The third-order valence-corrected chi connectivity index (χ3v) is 4.31. The third-order valence-electron chi connectivity index (χ3n) is 4.31. The van der Waals surface area contributed by atoms with Crippen molar-refractivity contribution in [2.45, 2.75) is 26.4 Å². The number of fused-ring (bicyclic) bond motifs is 1. The molecule has 1 unspecified atom stereocenters. The van der Waals surface area contributed by atoms with Gasteiger partial charge in [-0.25, -0.2) is 0 Å². The van der Waals surface area contributed by atoms with E-state index in [-0.39, 0.29) is 23.2 Å². The molecule has 1 aliphatic carbocycles. The normalized spacial score (nSPS) is 14.3. The van der Waals surface area contributed by atoms with E-state index in [0.717, 1.165) is 12.0 Å². The molecule has 0 aliphatic heterocycles. The summed E-state index contributed by atoms with van der Waals surface area (Å²) in [6.07, 6.45) is 2.57. The molecule has 1 atom stereocenters. The molecule has 0 amide bonds. The topological polar surface area (TPSA) is 52.6 Å². The molecular formula is C21H20O4. The maximum Gasteiger partial charge on any atom is 0.197 e. The van der Waals surface area contributed by atoms with E-state index >= 15 is 0 Å². The van der Waals surface area contributed by atoms with Crippen molar-refractivity contribution in [1.29, 1.82) is 0 Å². The Morgan fingerprint density at radius 3 is 2.20 bits per heavy atom. The number of methoxy groups -OCH3 is 1. The zero-order valence-corrected chi connectivity index (χ0v) is 14.5. The second-order valence-corrected chi connectivity index (χ2v) is 6.01. The summed E-state index contributed by atoms with van der Waals surface area (Å²) in [4.78, 5) is 24.9. The Kier molecular flexibility index (Phi) is 4.70. The molecule has 4 nitrogen and oxygen atoms in total. The predicted octanol–water partition coefficient (Wildman–Crippen LogP) is 4.34. The summed E-state index contributed by atoms with van der Waals surface area (Å²) in [5.74, 6) is 0.746. The average Bonchev–Trinajstić information content (AvgIpc) is 2.88. The zero-order chi connectivity index (χ0) is 18.0. The van der Waals surface area contributed by atoms with Gasteiger partial charge in [0.25, 0.3) is 0 Å². The van der Waals surface area contributed by atoms with Crippen LogP contribution in [0.15, 0.2) is 48.0 Å². The SMILES string of the molecule is CCC(C)Oc1ccc(C=C2C(=O)c3ccccc3C2=O)cc1OC. The van der Waals surface area contributed by atoms with Gasteiger partial charge in [0.2, 0.25) is 0 Å². The van der Waals surface area contributed by atoms with Gasteiger partial charge in [0.05, 0.1) is 18.8 Å². The van der Waals surface area contributed by atoms with Crippen molar-refractivity contribution < 1.29 is 19.1 Å². The highest BCUT2D eigenvalue weighted by molar-refractivity contribution is 6.41. The van der Waals surface area contributed by atoms with E-state index in [1.807, 2.05) is 19.9 Å². The van der Waals surface area contributed by atoms with E-state index in [2.05, 4.69) is 0 Å². The quantitative estimate of drug-likeness (QED) is 0.602. The van der Waals surface area contributed by atoms with Gasteiger partial charge in [0.15, 0.2) is 23.1 Å². The number of rotatable bonds is 5. The van der Waals surface area contributed by atoms with Crippen LogP contribution in [-0.4, -0.2) is 24.8 Å². The molecule has 0 radical (unpaired) electrons. The van der Waals surface area contributed by atoms with Crippen molar-refractivity contribution in [1.82, 2.24) is 0 Å². The minimum atomic E-state index is -0.237. The van der Waals surface area contributed by atoms with Crippen LogP contribution in [0.1, 0.15) is 46.5 Å². The van der Waals surface area contributed by atoms with Crippen molar-refractivity contribution in [2.24, 2.45) is 0 Å². The molecule has 2 aromatic rings. The van der Waals surface area contributed by atoms with E-state index in [1.54, 1.807) is 49.6 Å². The zero-order valence-electron chi connectivity index (χ0n) is 14.5. The van der Waals surface area contributed by atoms with Gasteiger partial charge in [0.1, 0.15) is 0 Å². The number of hydrogen-bond acceptors (Lipinski definition) is 4. The number of allylic oxidation sites excluding steroid dienone is 1. The largest absolute Gasteiger partial charge is 0.493 e. The molecule has 0 N–H and O–H groups in total. The van der Waals surface area contributed by atoms with Crippen molar-refractivity contribution in [2.75, 3.05) is 7.11 Å². The van der Waals surface area contributed by atoms with Crippen LogP contribution < -0.4 is 9.47 Å². The molecule has 128 valence electrons. The Bertz CT molecular complexity index is 827. The molecule has 0 saturated carbocycles. The van der Waals surface area contributed by atoms with Crippen LogP contribution in [0.25, 0.3) is 6.08 Å². The first-order chi connectivity index (χ1) is 12.0. The van der Waals surface area contributed by atoms with Crippen LogP contribution in [0.2, 0.25) is 0 Å². The van der Waals surface area contributed by atoms with Gasteiger partial charge in [-0.15, -0.1) is 0 Å². The Balaban J connectivity index is 1.95. The number of ketones is 2. The molecule has 1 aliphatic rings. The lowest BCUT2D eigenvalue weighted by Gasteiger charge is -2.15. The summed E-state index contributed by atoms with van der Waals surface area (Å²) in [6.45, 7) is 4.04. The van der Waals surface area contributed by atoms with Gasteiger partial charge in [-0.05, 0) is 37.1 Å². The number of carbonyl (C=O) groups is 2. The van der Waals surface area contributed by atoms with Crippen molar-refractivity contribution in [3.63, 3.8) is 0 Å². The molecule has 0 heterocycles. The molecule has 0 spiro atoms. The molecule has 0 bridgehead atoms. The Labute approximate surface area is 147 Å². The van der Waals surface area contributed by atoms with Gasteiger partial charge < -0.3 is 9.47 Å². The Morgan fingerprint density at radius 2 is 1.64 bits per heavy atom. The lowest BCUT2D eigenvalue weighted by atomic mass is 10.1. The van der Waals surface area contributed by atoms with Gasteiger partial charge >= 0.3 is 0 Å². The Hall–Kier alpha value is -2.88. The maximum absolute atomic E-state index is 12.5. The molecule has 4 heteroatoms. The van der Waals surface area contributed by atoms with Crippen LogP contribution in [0.3, 0.4) is 0 Å². The third kappa shape index (κ3) is 3.20. The standard InChI is InChI=1S/C21H20O4/c1-4-13(2)25-18-10-9-14(12-19(18)24-3)11-17-20(22)15-7-5-6-8-16(15)21(17)23/h5-13H,4H2,1-3H3. The predicted molar refractivity (Wildman–Crippen MR) is 96.5 cm³/mol. The van der Waals surface area contributed by atoms with Crippen molar-refractivity contribution >= 4 is 17.6 Å². The molecule has 0 saturated heterocycles. The van der Waals surface area contributed by atoms with Crippen LogP contribution in [-0.2, 0) is 0 Å². The van der Waals surface area contributed by atoms with E-state index in [0.29, 0.717) is 22.6 Å². The summed E-state index contributed by atoms with van der Waals surface area (Å²) in [5.41, 5.74) is 1.82. The first-order valence-electron chi connectivity index (χ1n) is 8.30. The molecule has 2 aromatic carbocycles. The van der Waals surface area contributed by atoms with E-state index in [1.165, 1.54) is 0 Å². The number of carbonyl (C=O) groups excluding carboxylic acids is 2. The fourth-order valence-corrected chi connectivity index (χ4v) is 2.74. The molecule has 0 fully saturated rings. The van der Waals surface area contributed by atoms with Crippen LogP contribution >= 0.6 is 0 Å². The van der Waals surface area contributed by atoms with Crippen LogP contribution in [0, 0.1) is 0 Å². The minimum Gasteiger partial charge on any atom is -0.493 e. The number of ether oxygens (including phenoxy) is 2. The molecular weight excluding hydrogens is 316 g/mol. The highest BCUT2D eigenvalue weighted by Crippen LogP contribution is 2.32. The number of hydrogen-bond donors (Lipinski definition) is 0. The van der Waals surface area contributed by atoms with E-state index in [9.17, 15) is 9.59 Å². The monoisotopic (exact) mass is 336 g/mol. The fraction of sp³-hybridized carbons (Fsp3) is 0.238. The molecule has 3 rings (SSSR count). The Morgan fingerprint density at radius 1 is 1.00 bits per heavy atom. The highest BCUT2D eigenvalue weighted by atomic mass is 16.5. The molecule has 0 aromatic heterocycles. The van der Waals surface area contributed by atoms with Gasteiger partial charge in [0, 0.05) is 11.1 Å². The summed E-state index contributed by atoms with van der Waals surface area (Å²) in [7, 11) is 1.57. The fourth-order valence-electron chi connectivity index (χ4n) is 2.74. The van der Waals surface area contributed by atoms with Crippen LogP contribution in [0.5, 0.6) is 11.5 Å². The van der Waals surface area contributed by atoms with Crippen molar-refractivity contribution in [3.8, 4) is 11.5 Å². The van der Waals surface area contributed by atoms with Gasteiger partial charge in [-0.3, -0.25) is 9.59 Å². The number of Topliss-reactive ketones (excluding diaryl/α,β-unsaturated/α-hetero) is 2. The summed E-state index contributed by atoms with van der Waals surface area (Å²) >= 11 is 0. The van der Waals surface area contributed by atoms with E-state index in [4.69, 9.17) is 9.47 Å². The molecule has 25 heavy (non-hydrogen) atoms. The summed E-state index contributed by atoms with van der Waals surface area (Å²) in [5, 5.41) is 0. The summed E-state index contributed by atoms with van der Waals surface area (Å²) < 4.78 is 11.2. The maximum atomic E-state index is 12.5. The second-order valence-electron chi connectivity index (χ2n) is 6.01. The average molecular weight is 336 g/mol. The minimum absolute atomic E-state index is 0.0746. The smallest absolute Gasteiger partial charge is 0.197 e.